The van der Waals surface area contributed by atoms with Crippen LogP contribution in [0.2, 0.25) is 0 Å². The second-order valence-corrected chi connectivity index (χ2v) is 17.7. The molecule has 306 valence electrons. The molecule has 1 aliphatic rings. The van der Waals surface area contributed by atoms with Crippen LogP contribution in [-0.2, 0) is 0 Å². The Morgan fingerprint density at radius 3 is 1.44 bits per heavy atom. The molecule has 0 fully saturated rings. The van der Waals surface area contributed by atoms with Gasteiger partial charge >= 0.3 is 0 Å². The first-order valence-corrected chi connectivity index (χ1v) is 22.8. The lowest BCUT2D eigenvalue weighted by molar-refractivity contribution is 1.19. The summed E-state index contributed by atoms with van der Waals surface area (Å²) in [7, 11) is 0. The average Bonchev–Trinajstić information content (AvgIpc) is 3.87. The second kappa shape index (κ2) is 14.4. The average molecular weight is 837 g/mol. The van der Waals surface area contributed by atoms with Crippen molar-refractivity contribution in [3.63, 3.8) is 0 Å². The number of hydrogen-bond donors (Lipinski definition) is 0. The Morgan fingerprint density at radius 2 is 0.697 bits per heavy atom. The van der Waals surface area contributed by atoms with Crippen molar-refractivity contribution in [1.82, 2.24) is 9.13 Å². The Labute approximate surface area is 382 Å². The van der Waals surface area contributed by atoms with Gasteiger partial charge in [-0.2, -0.15) is 0 Å². The molecule has 1 aliphatic heterocycles. The summed E-state index contributed by atoms with van der Waals surface area (Å²) in [6, 6.07) is 89.6. The second-order valence-electron chi connectivity index (χ2n) is 17.7. The summed E-state index contributed by atoms with van der Waals surface area (Å²) in [4.78, 5) is 0. The van der Waals surface area contributed by atoms with Crippen LogP contribution in [-0.4, -0.2) is 9.13 Å². The predicted molar refractivity (Wildman–Crippen MR) is 279 cm³/mol. The van der Waals surface area contributed by atoms with Gasteiger partial charge in [-0.1, -0.05) is 182 Å². The van der Waals surface area contributed by atoms with Crippen molar-refractivity contribution in [2.75, 3.05) is 0 Å². The fourth-order valence-electron chi connectivity index (χ4n) is 11.0. The maximum Gasteiger partial charge on any atom is 0.0620 e. The zero-order valence-electron chi connectivity index (χ0n) is 36.0. The van der Waals surface area contributed by atoms with E-state index in [1.165, 1.54) is 133 Å². The topological polar surface area (TPSA) is 9.86 Å². The van der Waals surface area contributed by atoms with Gasteiger partial charge in [0.25, 0.3) is 0 Å². The molecule has 0 bridgehead atoms. The smallest absolute Gasteiger partial charge is 0.0620 e. The van der Waals surface area contributed by atoms with Gasteiger partial charge in [0.1, 0.15) is 0 Å². The van der Waals surface area contributed by atoms with Crippen molar-refractivity contribution in [2.45, 2.75) is 0 Å². The van der Waals surface area contributed by atoms with E-state index in [0.717, 1.165) is 0 Å². The Hall–Kier alpha value is -8.72. The van der Waals surface area contributed by atoms with Gasteiger partial charge in [-0.05, 0) is 122 Å². The Balaban J connectivity index is 0.905. The quantitative estimate of drug-likeness (QED) is 0.163. The molecule has 0 aliphatic carbocycles. The van der Waals surface area contributed by atoms with Crippen LogP contribution in [0.25, 0.3) is 133 Å². The van der Waals surface area contributed by atoms with Crippen LogP contribution in [0.5, 0.6) is 0 Å². The SMILES string of the molecule is c1ccc(-c2ccc3c(c2)-c2ccccc2-c2cc(-c4ccc(-c5ccc6c(c5)c5ccccc5n6-c5cc6ccccc6cc5-c5ccccc5)cc4)cc4c5ccccc5n-3c24)cc1. The number of fused-ring (bicyclic) bond motifs is 12. The molecule has 0 N–H and O–H groups in total. The maximum atomic E-state index is 2.51. The van der Waals surface area contributed by atoms with Gasteiger partial charge in [0.2, 0.25) is 0 Å². The van der Waals surface area contributed by atoms with Gasteiger partial charge in [-0.25, -0.2) is 0 Å². The number of hydrogen-bond acceptors (Lipinski definition) is 0. The number of aromatic nitrogens is 2. The number of para-hydroxylation sites is 2. The lowest BCUT2D eigenvalue weighted by Gasteiger charge is -2.16. The summed E-state index contributed by atoms with van der Waals surface area (Å²) in [6.45, 7) is 0. The summed E-state index contributed by atoms with van der Waals surface area (Å²) in [5, 5.41) is 7.48. The molecule has 0 unspecified atom stereocenters. The fraction of sp³-hybridized carbons (Fsp3) is 0. The van der Waals surface area contributed by atoms with E-state index in [4.69, 9.17) is 0 Å². The zero-order valence-corrected chi connectivity index (χ0v) is 36.0. The first kappa shape index (κ1) is 36.7. The normalized spacial score (nSPS) is 11.9. The largest absolute Gasteiger partial charge is 0.309 e. The third-order valence-corrected chi connectivity index (χ3v) is 14.0. The summed E-state index contributed by atoms with van der Waals surface area (Å²) < 4.78 is 4.97. The van der Waals surface area contributed by atoms with Crippen molar-refractivity contribution in [1.29, 1.82) is 0 Å². The van der Waals surface area contributed by atoms with E-state index < -0.39 is 0 Å². The Morgan fingerprint density at radius 1 is 0.212 bits per heavy atom. The highest BCUT2D eigenvalue weighted by Gasteiger charge is 2.26. The fourth-order valence-corrected chi connectivity index (χ4v) is 11.0. The molecular weight excluding hydrogens is 797 g/mol. The van der Waals surface area contributed by atoms with Gasteiger partial charge in [-0.3, -0.25) is 0 Å². The lowest BCUT2D eigenvalue weighted by atomic mass is 9.90. The molecule has 0 saturated heterocycles. The molecule has 2 aromatic heterocycles. The van der Waals surface area contributed by atoms with Crippen LogP contribution in [0.15, 0.2) is 243 Å². The molecule has 0 saturated carbocycles. The van der Waals surface area contributed by atoms with E-state index >= 15 is 0 Å². The third-order valence-electron chi connectivity index (χ3n) is 14.0. The third kappa shape index (κ3) is 5.55. The summed E-state index contributed by atoms with van der Waals surface area (Å²) in [5.74, 6) is 0. The first-order chi connectivity index (χ1) is 32.7. The van der Waals surface area contributed by atoms with Crippen LogP contribution in [0.3, 0.4) is 0 Å². The van der Waals surface area contributed by atoms with Gasteiger partial charge in [-0.15, -0.1) is 0 Å². The van der Waals surface area contributed by atoms with Crippen LogP contribution in [0.1, 0.15) is 0 Å². The van der Waals surface area contributed by atoms with Crippen molar-refractivity contribution in [3.05, 3.63) is 243 Å². The molecule has 13 aromatic rings. The van der Waals surface area contributed by atoms with Crippen molar-refractivity contribution in [3.8, 4) is 78.1 Å². The molecule has 2 nitrogen and oxygen atoms in total. The Bertz CT molecular complexity index is 4080. The molecule has 3 heterocycles. The van der Waals surface area contributed by atoms with Gasteiger partial charge in [0, 0.05) is 38.2 Å². The summed E-state index contributed by atoms with van der Waals surface area (Å²) in [6.07, 6.45) is 0. The van der Waals surface area contributed by atoms with Crippen LogP contribution in [0, 0.1) is 0 Å². The van der Waals surface area contributed by atoms with E-state index in [0.29, 0.717) is 0 Å². The Kier molecular flexibility index (Phi) is 8.02. The van der Waals surface area contributed by atoms with E-state index in [2.05, 4.69) is 252 Å². The molecule has 14 rings (SSSR count). The highest BCUT2D eigenvalue weighted by atomic mass is 15.0. The monoisotopic (exact) mass is 836 g/mol. The van der Waals surface area contributed by atoms with Crippen molar-refractivity contribution < 1.29 is 0 Å². The summed E-state index contributed by atoms with van der Waals surface area (Å²) >= 11 is 0. The summed E-state index contributed by atoms with van der Waals surface area (Å²) in [5.41, 5.74) is 21.9. The van der Waals surface area contributed by atoms with E-state index in [1.54, 1.807) is 0 Å². The van der Waals surface area contributed by atoms with Gasteiger partial charge in [0.05, 0.1) is 33.4 Å². The standard InChI is InChI=1S/C64H40N2/c1-3-15-41(16-4-1)47-32-34-62-55(36-47)50-21-9-10-22-51(50)57-38-49(39-58-53-24-12-14-26-60(53)66(62)64(57)58)43-29-27-42(28-30-43)48-31-33-61-56(37-48)52-23-11-13-25-59(52)65(61)63-40-46-20-8-7-19-45(46)35-54(63)44-17-5-2-6-18-44/h1-40H. The van der Waals surface area contributed by atoms with Gasteiger partial charge < -0.3 is 9.13 Å². The van der Waals surface area contributed by atoms with E-state index in [-0.39, 0.29) is 0 Å². The predicted octanol–water partition coefficient (Wildman–Crippen LogP) is 17.3. The highest BCUT2D eigenvalue weighted by Crippen LogP contribution is 2.49. The first-order valence-electron chi connectivity index (χ1n) is 22.8. The zero-order chi connectivity index (χ0) is 43.3. The molecule has 0 atom stereocenters. The van der Waals surface area contributed by atoms with Crippen LogP contribution < -0.4 is 0 Å². The number of rotatable bonds is 5. The molecule has 0 amide bonds. The van der Waals surface area contributed by atoms with Crippen molar-refractivity contribution in [2.24, 2.45) is 0 Å². The molecule has 11 aromatic carbocycles. The molecule has 2 heteroatoms. The highest BCUT2D eigenvalue weighted by molar-refractivity contribution is 6.18. The molecule has 66 heavy (non-hydrogen) atoms. The minimum absolute atomic E-state index is 1.18. The van der Waals surface area contributed by atoms with Crippen LogP contribution >= 0.6 is 0 Å². The number of benzene rings is 11. The van der Waals surface area contributed by atoms with Crippen molar-refractivity contribution >= 4 is 54.4 Å². The van der Waals surface area contributed by atoms with E-state index in [1.807, 2.05) is 0 Å². The minimum atomic E-state index is 1.18. The molecular formula is C64H40N2. The molecule has 0 spiro atoms. The van der Waals surface area contributed by atoms with Crippen LogP contribution in [0.4, 0.5) is 0 Å². The van der Waals surface area contributed by atoms with E-state index in [9.17, 15) is 0 Å². The maximum absolute atomic E-state index is 2.51. The number of nitrogens with zero attached hydrogens (tertiary/aromatic N) is 2. The van der Waals surface area contributed by atoms with Gasteiger partial charge in [0.15, 0.2) is 0 Å². The molecule has 0 radical (unpaired) electrons. The minimum Gasteiger partial charge on any atom is -0.309 e. The lowest BCUT2D eigenvalue weighted by Crippen LogP contribution is -1.98.